The first-order valence-electron chi connectivity index (χ1n) is 6.14. The van der Waals surface area contributed by atoms with Crippen LogP contribution in [0.15, 0.2) is 28.7 Å². The molecule has 2 rings (SSSR count). The third-order valence-corrected chi connectivity index (χ3v) is 3.08. The van der Waals surface area contributed by atoms with Gasteiger partial charge >= 0.3 is 0 Å². The van der Waals surface area contributed by atoms with Crippen LogP contribution in [0.5, 0.6) is 0 Å². The summed E-state index contributed by atoms with van der Waals surface area (Å²) in [5, 5.41) is 0. The lowest BCUT2D eigenvalue weighted by Gasteiger charge is -2.02. The largest absolute Gasteiger partial charge is 0.446 e. The van der Waals surface area contributed by atoms with Crippen LogP contribution in [0.3, 0.4) is 0 Å². The molecule has 1 heterocycles. The second kappa shape index (κ2) is 5.63. The van der Waals surface area contributed by atoms with Gasteiger partial charge in [0.2, 0.25) is 0 Å². The van der Waals surface area contributed by atoms with Crippen LogP contribution >= 0.6 is 0 Å². The summed E-state index contributed by atoms with van der Waals surface area (Å²) in [6.45, 7) is 3.96. The van der Waals surface area contributed by atoms with E-state index >= 15 is 0 Å². The predicted octanol–water partition coefficient (Wildman–Crippen LogP) is 2.82. The summed E-state index contributed by atoms with van der Waals surface area (Å²) in [5.41, 5.74) is 3.35. The van der Waals surface area contributed by atoms with Crippen molar-refractivity contribution in [3.63, 3.8) is 0 Å². The van der Waals surface area contributed by atoms with Crippen LogP contribution in [0.1, 0.15) is 28.5 Å². The number of carbonyl (C=O) groups is 1. The fourth-order valence-electron chi connectivity index (χ4n) is 2.00. The number of oxazole rings is 1. The van der Waals surface area contributed by atoms with Gasteiger partial charge < -0.3 is 9.21 Å². The molecule has 0 unspecified atom stereocenters. The van der Waals surface area contributed by atoms with Crippen molar-refractivity contribution >= 4 is 6.29 Å². The van der Waals surface area contributed by atoms with Crippen molar-refractivity contribution in [1.82, 2.24) is 4.98 Å². The molecule has 0 aliphatic heterocycles. The lowest BCUT2D eigenvalue weighted by Crippen LogP contribution is -1.95. The molecule has 0 saturated heterocycles. The van der Waals surface area contributed by atoms with Crippen LogP contribution in [0.4, 0.5) is 0 Å². The van der Waals surface area contributed by atoms with Crippen molar-refractivity contribution in [2.75, 3.05) is 0 Å². The molecule has 0 radical (unpaired) electrons. The van der Waals surface area contributed by atoms with Gasteiger partial charge in [-0.25, -0.2) is 4.98 Å². The monoisotopic (exact) mass is 243 g/mol. The van der Waals surface area contributed by atoms with Crippen LogP contribution < -0.4 is 0 Å². The first-order valence-corrected chi connectivity index (χ1v) is 6.14. The fourth-order valence-corrected chi connectivity index (χ4v) is 2.00. The lowest BCUT2D eigenvalue weighted by molar-refractivity contribution is -0.107. The van der Waals surface area contributed by atoms with Gasteiger partial charge in [0, 0.05) is 12.8 Å². The molecule has 3 heteroatoms. The van der Waals surface area contributed by atoms with E-state index in [1.54, 1.807) is 0 Å². The third-order valence-electron chi connectivity index (χ3n) is 3.08. The number of hydrogen-bond acceptors (Lipinski definition) is 3. The van der Waals surface area contributed by atoms with Crippen molar-refractivity contribution in [3.05, 3.63) is 52.7 Å². The molecule has 0 N–H and O–H groups in total. The summed E-state index contributed by atoms with van der Waals surface area (Å²) in [5.74, 6) is 1.47. The van der Waals surface area contributed by atoms with E-state index in [-0.39, 0.29) is 0 Å². The number of hydrogen-bond donors (Lipinski definition) is 0. The van der Waals surface area contributed by atoms with Gasteiger partial charge in [0.15, 0.2) is 5.89 Å². The molecule has 0 aliphatic carbocycles. The Bertz CT molecular complexity index is 543. The van der Waals surface area contributed by atoms with Crippen LogP contribution in [0.25, 0.3) is 0 Å². The topological polar surface area (TPSA) is 43.1 Å². The lowest BCUT2D eigenvalue weighted by atomic mass is 10.0. The van der Waals surface area contributed by atoms with Gasteiger partial charge in [-0.1, -0.05) is 24.3 Å². The number of rotatable bonds is 5. The van der Waals surface area contributed by atoms with Gasteiger partial charge in [-0.2, -0.15) is 0 Å². The van der Waals surface area contributed by atoms with Gasteiger partial charge in [-0.3, -0.25) is 0 Å². The maximum absolute atomic E-state index is 10.5. The molecular weight excluding hydrogens is 226 g/mol. The highest BCUT2D eigenvalue weighted by Gasteiger charge is 2.09. The number of nitrogens with zero attached hydrogens (tertiary/aromatic N) is 1. The molecule has 0 saturated carbocycles. The summed E-state index contributed by atoms with van der Waals surface area (Å²) < 4.78 is 5.56. The van der Waals surface area contributed by atoms with Crippen LogP contribution in [0.2, 0.25) is 0 Å². The smallest absolute Gasteiger partial charge is 0.194 e. The van der Waals surface area contributed by atoms with Gasteiger partial charge in [-0.05, 0) is 31.4 Å². The Kier molecular flexibility index (Phi) is 3.92. The van der Waals surface area contributed by atoms with E-state index in [9.17, 15) is 4.79 Å². The van der Waals surface area contributed by atoms with Crippen LogP contribution in [-0.2, 0) is 24.1 Å². The van der Waals surface area contributed by atoms with Crippen LogP contribution in [-0.4, -0.2) is 11.3 Å². The average molecular weight is 243 g/mol. The Morgan fingerprint density at radius 1 is 1.22 bits per heavy atom. The number of carbonyl (C=O) groups excluding carboxylic acids is 1. The Morgan fingerprint density at radius 3 is 2.72 bits per heavy atom. The second-order valence-electron chi connectivity index (χ2n) is 4.41. The Labute approximate surface area is 107 Å². The normalized spacial score (nSPS) is 10.6. The van der Waals surface area contributed by atoms with Crippen LogP contribution in [0, 0.1) is 13.8 Å². The van der Waals surface area contributed by atoms with Gasteiger partial charge in [0.25, 0.3) is 0 Å². The van der Waals surface area contributed by atoms with E-state index in [0.29, 0.717) is 12.3 Å². The predicted molar refractivity (Wildman–Crippen MR) is 69.6 cm³/mol. The number of aryl methyl sites for hydroxylation is 4. The molecule has 1 aromatic heterocycles. The molecule has 2 aromatic rings. The maximum atomic E-state index is 10.5. The SMILES string of the molecule is Cc1ccccc1CCc1nc(CC=O)c(C)o1. The molecule has 18 heavy (non-hydrogen) atoms. The first kappa shape index (κ1) is 12.6. The number of aldehydes is 1. The van der Waals surface area contributed by atoms with Crippen molar-refractivity contribution in [2.24, 2.45) is 0 Å². The van der Waals surface area contributed by atoms with E-state index in [1.165, 1.54) is 11.1 Å². The van der Waals surface area contributed by atoms with Crippen molar-refractivity contribution in [3.8, 4) is 0 Å². The van der Waals surface area contributed by atoms with Crippen molar-refractivity contribution < 1.29 is 9.21 Å². The standard InChI is InChI=1S/C15H17NO2/c1-11-5-3-4-6-13(11)7-8-15-16-14(9-10-17)12(2)18-15/h3-6,10H,7-9H2,1-2H3. The molecule has 0 bridgehead atoms. The third kappa shape index (κ3) is 2.86. The Morgan fingerprint density at radius 2 is 2.00 bits per heavy atom. The summed E-state index contributed by atoms with van der Waals surface area (Å²) in [4.78, 5) is 14.8. The fraction of sp³-hybridized carbons (Fsp3) is 0.333. The number of aromatic nitrogens is 1. The zero-order chi connectivity index (χ0) is 13.0. The van der Waals surface area contributed by atoms with Gasteiger partial charge in [0.1, 0.15) is 12.0 Å². The maximum Gasteiger partial charge on any atom is 0.194 e. The van der Waals surface area contributed by atoms with E-state index in [1.807, 2.05) is 19.1 Å². The zero-order valence-corrected chi connectivity index (χ0v) is 10.8. The average Bonchev–Trinajstić information content (AvgIpc) is 2.70. The van der Waals surface area contributed by atoms with E-state index < -0.39 is 0 Å². The molecule has 0 atom stereocenters. The Hall–Kier alpha value is -1.90. The van der Waals surface area contributed by atoms with Crippen molar-refractivity contribution in [2.45, 2.75) is 33.1 Å². The highest BCUT2D eigenvalue weighted by molar-refractivity contribution is 5.54. The van der Waals surface area contributed by atoms with Gasteiger partial charge in [-0.15, -0.1) is 0 Å². The molecule has 0 aliphatic rings. The second-order valence-corrected chi connectivity index (χ2v) is 4.41. The first-order chi connectivity index (χ1) is 8.70. The minimum absolute atomic E-state index is 0.333. The Balaban J connectivity index is 2.04. The highest BCUT2D eigenvalue weighted by Crippen LogP contribution is 2.14. The minimum Gasteiger partial charge on any atom is -0.446 e. The summed E-state index contributed by atoms with van der Waals surface area (Å²) in [6, 6.07) is 8.31. The molecule has 0 fully saturated rings. The molecule has 0 spiro atoms. The molecule has 94 valence electrons. The molecular formula is C15H17NO2. The summed E-state index contributed by atoms with van der Waals surface area (Å²) >= 11 is 0. The summed E-state index contributed by atoms with van der Waals surface area (Å²) in [7, 11) is 0. The van der Waals surface area contributed by atoms with E-state index in [2.05, 4.69) is 24.0 Å². The quantitative estimate of drug-likeness (QED) is 0.758. The zero-order valence-electron chi connectivity index (χ0n) is 10.8. The van der Waals surface area contributed by atoms with E-state index in [4.69, 9.17) is 4.42 Å². The van der Waals surface area contributed by atoms with E-state index in [0.717, 1.165) is 30.6 Å². The molecule has 0 amide bonds. The van der Waals surface area contributed by atoms with Crippen molar-refractivity contribution in [1.29, 1.82) is 0 Å². The minimum atomic E-state index is 0.333. The molecule has 1 aromatic carbocycles. The highest BCUT2D eigenvalue weighted by atomic mass is 16.4. The molecule has 3 nitrogen and oxygen atoms in total. The number of benzene rings is 1. The van der Waals surface area contributed by atoms with Gasteiger partial charge in [0.05, 0.1) is 5.69 Å². The summed E-state index contributed by atoms with van der Waals surface area (Å²) in [6.07, 6.45) is 2.87.